The van der Waals surface area contributed by atoms with Crippen LogP contribution in [0.4, 0.5) is 0 Å². The largest absolute Gasteiger partial charge is 0.395 e. The number of carbonyl (C=O) groups excluding carboxylic acids is 1. The lowest BCUT2D eigenvalue weighted by molar-refractivity contribution is -0.131. The number of aliphatic hydroxyl groups is 2. The molecule has 0 aliphatic rings. The zero-order chi connectivity index (χ0) is 9.40. The number of amides is 1. The number of halogens is 1. The minimum Gasteiger partial charge on any atom is -0.395 e. The van der Waals surface area contributed by atoms with Crippen molar-refractivity contribution in [2.24, 2.45) is 0 Å². The minimum atomic E-state index is -0.131. The number of hydrogen-bond acceptors (Lipinski definition) is 3. The molecule has 0 saturated carbocycles. The van der Waals surface area contributed by atoms with E-state index in [0.717, 1.165) is 0 Å². The lowest BCUT2D eigenvalue weighted by Gasteiger charge is -2.19. The van der Waals surface area contributed by atoms with Crippen LogP contribution in [0.1, 0.15) is 6.42 Å². The molecule has 0 saturated heterocycles. The monoisotopic (exact) mass is 195 g/mol. The third-order valence-corrected chi connectivity index (χ3v) is 1.59. The number of aliphatic hydroxyl groups excluding tert-OH is 2. The maximum Gasteiger partial charge on any atom is 0.223 e. The molecule has 72 valence electrons. The van der Waals surface area contributed by atoms with Crippen molar-refractivity contribution in [3.8, 4) is 0 Å². The summed E-state index contributed by atoms with van der Waals surface area (Å²) in [5.41, 5.74) is 0. The van der Waals surface area contributed by atoms with Crippen LogP contribution >= 0.6 is 11.6 Å². The van der Waals surface area contributed by atoms with Crippen molar-refractivity contribution in [3.05, 3.63) is 0 Å². The molecule has 0 aromatic rings. The fraction of sp³-hybridized carbons (Fsp3) is 0.857. The second kappa shape index (κ2) is 7.34. The summed E-state index contributed by atoms with van der Waals surface area (Å²) in [4.78, 5) is 12.5. The Morgan fingerprint density at radius 2 is 1.75 bits per heavy atom. The number of rotatable bonds is 6. The van der Waals surface area contributed by atoms with Gasteiger partial charge in [-0.15, -0.1) is 11.6 Å². The molecule has 0 aliphatic heterocycles. The topological polar surface area (TPSA) is 60.8 Å². The Morgan fingerprint density at radius 1 is 1.25 bits per heavy atom. The standard InChI is InChI=1S/C7H14ClNO3/c8-2-1-7(12)9(3-5-10)4-6-11/h10-11H,1-6H2. The maximum absolute atomic E-state index is 11.1. The summed E-state index contributed by atoms with van der Waals surface area (Å²) in [6, 6.07) is 0. The van der Waals surface area contributed by atoms with Crippen molar-refractivity contribution in [1.82, 2.24) is 4.90 Å². The van der Waals surface area contributed by atoms with E-state index in [1.54, 1.807) is 0 Å². The molecule has 1 amide bonds. The molecule has 0 radical (unpaired) electrons. The van der Waals surface area contributed by atoms with Gasteiger partial charge in [-0.05, 0) is 0 Å². The number of alkyl halides is 1. The fourth-order valence-electron chi connectivity index (χ4n) is 0.842. The van der Waals surface area contributed by atoms with Crippen LogP contribution < -0.4 is 0 Å². The van der Waals surface area contributed by atoms with Gasteiger partial charge in [0.1, 0.15) is 0 Å². The van der Waals surface area contributed by atoms with Crippen LogP contribution in [0, 0.1) is 0 Å². The highest BCUT2D eigenvalue weighted by atomic mass is 35.5. The first-order valence-electron chi connectivity index (χ1n) is 3.81. The Hall–Kier alpha value is -0.320. The summed E-state index contributed by atoms with van der Waals surface area (Å²) in [6.45, 7) is 0.342. The minimum absolute atomic E-state index is 0.0893. The predicted octanol–water partition coefficient (Wildman–Crippen LogP) is -0.571. The second-order valence-electron chi connectivity index (χ2n) is 2.27. The zero-order valence-corrected chi connectivity index (χ0v) is 7.63. The van der Waals surface area contributed by atoms with Crippen molar-refractivity contribution >= 4 is 17.5 Å². The molecular formula is C7H14ClNO3. The average molecular weight is 196 g/mol. The lowest BCUT2D eigenvalue weighted by atomic mass is 10.4. The third kappa shape index (κ3) is 4.54. The summed E-state index contributed by atoms with van der Waals surface area (Å²) in [7, 11) is 0. The zero-order valence-electron chi connectivity index (χ0n) is 6.87. The van der Waals surface area contributed by atoms with Crippen LogP contribution in [0.3, 0.4) is 0 Å². The molecule has 0 aromatic heterocycles. The van der Waals surface area contributed by atoms with Gasteiger partial charge >= 0.3 is 0 Å². The summed E-state index contributed by atoms with van der Waals surface area (Å²) in [5, 5.41) is 17.1. The van der Waals surface area contributed by atoms with Gasteiger partial charge in [-0.1, -0.05) is 0 Å². The van der Waals surface area contributed by atoms with Gasteiger partial charge in [-0.2, -0.15) is 0 Å². The molecule has 0 atom stereocenters. The molecule has 5 heteroatoms. The first kappa shape index (κ1) is 11.7. The predicted molar refractivity (Wildman–Crippen MR) is 46.1 cm³/mol. The summed E-state index contributed by atoms with van der Waals surface area (Å²) >= 11 is 5.37. The Balaban J connectivity index is 3.81. The van der Waals surface area contributed by atoms with Gasteiger partial charge in [0, 0.05) is 25.4 Å². The van der Waals surface area contributed by atoms with E-state index < -0.39 is 0 Å². The smallest absolute Gasteiger partial charge is 0.223 e. The summed E-state index contributed by atoms with van der Waals surface area (Å²) < 4.78 is 0. The van der Waals surface area contributed by atoms with Crippen LogP contribution in [0.2, 0.25) is 0 Å². The van der Waals surface area contributed by atoms with E-state index in [9.17, 15) is 4.79 Å². The maximum atomic E-state index is 11.1. The quantitative estimate of drug-likeness (QED) is 0.558. The molecule has 0 rings (SSSR count). The number of hydrogen-bond donors (Lipinski definition) is 2. The Bertz CT molecular complexity index is 126. The molecule has 0 heterocycles. The summed E-state index contributed by atoms with van der Waals surface area (Å²) in [5.74, 6) is 0.139. The Morgan fingerprint density at radius 3 is 2.08 bits per heavy atom. The van der Waals surface area contributed by atoms with Gasteiger partial charge in [-0.3, -0.25) is 4.79 Å². The molecule has 4 nitrogen and oxygen atoms in total. The van der Waals surface area contributed by atoms with Crippen molar-refractivity contribution in [2.75, 3.05) is 32.2 Å². The van der Waals surface area contributed by atoms with Crippen molar-refractivity contribution in [1.29, 1.82) is 0 Å². The van der Waals surface area contributed by atoms with Crippen LogP contribution in [0.5, 0.6) is 0 Å². The van der Waals surface area contributed by atoms with Gasteiger partial charge < -0.3 is 15.1 Å². The molecule has 12 heavy (non-hydrogen) atoms. The SMILES string of the molecule is O=C(CCCl)N(CCO)CCO. The first-order valence-corrected chi connectivity index (χ1v) is 4.35. The van der Waals surface area contributed by atoms with Crippen molar-refractivity contribution < 1.29 is 15.0 Å². The van der Waals surface area contributed by atoms with E-state index in [-0.39, 0.29) is 44.5 Å². The van der Waals surface area contributed by atoms with Gasteiger partial charge in [-0.25, -0.2) is 0 Å². The molecule has 0 fully saturated rings. The van der Waals surface area contributed by atoms with Crippen molar-refractivity contribution in [2.45, 2.75) is 6.42 Å². The summed E-state index contributed by atoms with van der Waals surface area (Å²) in [6.07, 6.45) is 0.252. The normalized spacial score (nSPS) is 9.92. The highest BCUT2D eigenvalue weighted by molar-refractivity contribution is 6.18. The Labute approximate surface area is 76.7 Å². The fourth-order valence-corrected chi connectivity index (χ4v) is 1.00. The van der Waals surface area contributed by atoms with Crippen LogP contribution in [0.25, 0.3) is 0 Å². The molecular weight excluding hydrogens is 182 g/mol. The van der Waals surface area contributed by atoms with Crippen molar-refractivity contribution in [3.63, 3.8) is 0 Å². The van der Waals surface area contributed by atoms with E-state index in [1.807, 2.05) is 0 Å². The molecule has 2 N–H and O–H groups in total. The van der Waals surface area contributed by atoms with Gasteiger partial charge in [0.15, 0.2) is 0 Å². The highest BCUT2D eigenvalue weighted by Crippen LogP contribution is 1.95. The van der Waals surface area contributed by atoms with Crippen LogP contribution in [-0.4, -0.2) is 53.2 Å². The van der Waals surface area contributed by atoms with Gasteiger partial charge in [0.2, 0.25) is 5.91 Å². The van der Waals surface area contributed by atoms with Gasteiger partial charge in [0.05, 0.1) is 13.2 Å². The van der Waals surface area contributed by atoms with E-state index >= 15 is 0 Å². The van der Waals surface area contributed by atoms with E-state index in [2.05, 4.69) is 0 Å². The molecule has 0 bridgehead atoms. The Kier molecular flexibility index (Phi) is 7.14. The third-order valence-electron chi connectivity index (χ3n) is 1.40. The lowest BCUT2D eigenvalue weighted by Crippen LogP contribution is -2.35. The average Bonchev–Trinajstić information content (AvgIpc) is 2.04. The molecule has 0 aromatic carbocycles. The first-order chi connectivity index (χ1) is 5.76. The van der Waals surface area contributed by atoms with Crippen LogP contribution in [0.15, 0.2) is 0 Å². The van der Waals surface area contributed by atoms with Gasteiger partial charge in [0.25, 0.3) is 0 Å². The van der Waals surface area contributed by atoms with Crippen LogP contribution in [-0.2, 0) is 4.79 Å². The molecule has 0 spiro atoms. The van der Waals surface area contributed by atoms with E-state index in [4.69, 9.17) is 21.8 Å². The number of carbonyl (C=O) groups is 1. The van der Waals surface area contributed by atoms with E-state index in [1.165, 1.54) is 4.90 Å². The van der Waals surface area contributed by atoms with E-state index in [0.29, 0.717) is 0 Å². The number of nitrogens with zero attached hydrogens (tertiary/aromatic N) is 1. The second-order valence-corrected chi connectivity index (χ2v) is 2.64. The molecule has 0 unspecified atom stereocenters. The highest BCUT2D eigenvalue weighted by Gasteiger charge is 2.10. The molecule has 0 aliphatic carbocycles.